The van der Waals surface area contributed by atoms with Crippen LogP contribution in [0.15, 0.2) is 65.6 Å². The Morgan fingerprint density at radius 2 is 1.71 bits per heavy atom. The SMILES string of the molecule is C[C@H](NC(=O)Nc1ccc(S(=O)(=O)Nc2ccc3c(c2)CCN(C)C3)cc1)c1cccc(Cl)c1Cl. The first-order valence-corrected chi connectivity index (χ1v) is 13.3. The highest BCUT2D eigenvalue weighted by Gasteiger charge is 2.18. The molecule has 184 valence electrons. The van der Waals surface area contributed by atoms with E-state index in [2.05, 4.69) is 27.3 Å². The lowest BCUT2D eigenvalue weighted by atomic mass is 10.00. The van der Waals surface area contributed by atoms with Crippen LogP contribution in [0.5, 0.6) is 0 Å². The van der Waals surface area contributed by atoms with Gasteiger partial charge >= 0.3 is 6.03 Å². The summed E-state index contributed by atoms with van der Waals surface area (Å²) in [6.07, 6.45) is 0.881. The minimum atomic E-state index is -3.78. The van der Waals surface area contributed by atoms with Crippen molar-refractivity contribution in [3.8, 4) is 0 Å². The first kappa shape index (κ1) is 25.3. The Kier molecular flexibility index (Phi) is 7.56. The molecule has 0 unspecified atom stereocenters. The third kappa shape index (κ3) is 6.08. The fourth-order valence-electron chi connectivity index (χ4n) is 3.99. The molecule has 0 bridgehead atoms. The number of nitrogens with one attached hydrogen (secondary N) is 3. The number of sulfonamides is 1. The van der Waals surface area contributed by atoms with E-state index in [1.54, 1.807) is 31.2 Å². The van der Waals surface area contributed by atoms with Crippen LogP contribution in [0.2, 0.25) is 10.0 Å². The van der Waals surface area contributed by atoms with Crippen molar-refractivity contribution in [1.29, 1.82) is 0 Å². The van der Waals surface area contributed by atoms with Gasteiger partial charge in [-0.1, -0.05) is 41.4 Å². The summed E-state index contributed by atoms with van der Waals surface area (Å²) in [4.78, 5) is 14.7. The molecule has 3 aromatic carbocycles. The first-order chi connectivity index (χ1) is 16.6. The van der Waals surface area contributed by atoms with Gasteiger partial charge in [0, 0.05) is 24.5 Å². The molecular formula is C25H26Cl2N4O3S. The molecule has 1 atom stereocenters. The summed E-state index contributed by atoms with van der Waals surface area (Å²) in [5.41, 5.74) is 4.04. The topological polar surface area (TPSA) is 90.5 Å². The molecule has 0 aliphatic carbocycles. The maximum absolute atomic E-state index is 12.9. The van der Waals surface area contributed by atoms with Crippen LogP contribution < -0.4 is 15.4 Å². The Hall–Kier alpha value is -2.78. The monoisotopic (exact) mass is 532 g/mol. The number of nitrogens with zero attached hydrogens (tertiary/aromatic N) is 1. The van der Waals surface area contributed by atoms with Crippen LogP contribution in [0, 0.1) is 0 Å². The zero-order valence-electron chi connectivity index (χ0n) is 19.3. The fourth-order valence-corrected chi connectivity index (χ4v) is 5.51. The molecule has 3 N–H and O–H groups in total. The molecule has 35 heavy (non-hydrogen) atoms. The van der Waals surface area contributed by atoms with E-state index in [-0.39, 0.29) is 10.9 Å². The van der Waals surface area contributed by atoms with E-state index in [0.29, 0.717) is 27.0 Å². The van der Waals surface area contributed by atoms with Gasteiger partial charge in [-0.2, -0.15) is 0 Å². The van der Waals surface area contributed by atoms with E-state index >= 15 is 0 Å². The number of benzene rings is 3. The van der Waals surface area contributed by atoms with Gasteiger partial charge in [0.15, 0.2) is 0 Å². The van der Waals surface area contributed by atoms with Gasteiger partial charge in [-0.05, 0) is 79.5 Å². The van der Waals surface area contributed by atoms with Gasteiger partial charge in [0.05, 0.1) is 21.0 Å². The molecule has 0 saturated heterocycles. The van der Waals surface area contributed by atoms with E-state index < -0.39 is 16.1 Å². The molecular weight excluding hydrogens is 507 g/mol. The van der Waals surface area contributed by atoms with E-state index in [1.165, 1.54) is 29.8 Å². The van der Waals surface area contributed by atoms with Crippen LogP contribution in [0.25, 0.3) is 0 Å². The second-order valence-corrected chi connectivity index (χ2v) is 11.0. The Labute approximate surface area is 215 Å². The van der Waals surface area contributed by atoms with Crippen LogP contribution in [0.4, 0.5) is 16.2 Å². The molecule has 0 aromatic heterocycles. The molecule has 1 aliphatic rings. The summed E-state index contributed by atoms with van der Waals surface area (Å²) in [5, 5.41) is 6.28. The highest BCUT2D eigenvalue weighted by molar-refractivity contribution is 7.92. The van der Waals surface area contributed by atoms with Crippen molar-refractivity contribution in [3.05, 3.63) is 87.4 Å². The predicted octanol–water partition coefficient (Wildman–Crippen LogP) is 5.66. The van der Waals surface area contributed by atoms with Crippen molar-refractivity contribution in [2.45, 2.75) is 30.8 Å². The Morgan fingerprint density at radius 1 is 1.00 bits per heavy atom. The van der Waals surface area contributed by atoms with E-state index in [4.69, 9.17) is 23.2 Å². The zero-order valence-corrected chi connectivity index (χ0v) is 21.6. The highest BCUT2D eigenvalue weighted by Crippen LogP contribution is 2.30. The van der Waals surface area contributed by atoms with E-state index in [9.17, 15) is 13.2 Å². The zero-order chi connectivity index (χ0) is 25.2. The molecule has 3 aromatic rings. The van der Waals surface area contributed by atoms with Crippen LogP contribution in [-0.4, -0.2) is 32.9 Å². The molecule has 10 heteroatoms. The standard InChI is InChI=1S/C25H26Cl2N4O3S/c1-16(22-4-3-5-23(26)24(22)27)28-25(32)29-19-8-10-21(11-9-19)35(33,34)30-20-7-6-18-15-31(2)13-12-17(18)14-20/h3-11,14,16,30H,12-13,15H2,1-2H3,(H2,28,29,32)/t16-/m0/s1. The maximum atomic E-state index is 12.9. The molecule has 2 amide bonds. The van der Waals surface area contributed by atoms with E-state index in [0.717, 1.165) is 25.1 Å². The largest absolute Gasteiger partial charge is 0.331 e. The van der Waals surface area contributed by atoms with Crippen molar-refractivity contribution >= 4 is 50.6 Å². The third-order valence-electron chi connectivity index (χ3n) is 5.88. The summed E-state index contributed by atoms with van der Waals surface area (Å²) >= 11 is 12.3. The van der Waals surface area contributed by atoms with Gasteiger partial charge in [0.25, 0.3) is 10.0 Å². The van der Waals surface area contributed by atoms with Crippen LogP contribution in [0.3, 0.4) is 0 Å². The van der Waals surface area contributed by atoms with Gasteiger partial charge in [-0.15, -0.1) is 0 Å². The number of carbonyl (C=O) groups excluding carboxylic acids is 1. The number of carbonyl (C=O) groups is 1. The lowest BCUT2D eigenvalue weighted by molar-refractivity contribution is 0.249. The van der Waals surface area contributed by atoms with Crippen LogP contribution >= 0.6 is 23.2 Å². The molecule has 1 aliphatic heterocycles. The summed E-state index contributed by atoms with van der Waals surface area (Å²) in [6.45, 7) is 3.59. The van der Waals surface area contributed by atoms with Gasteiger partial charge in [0.1, 0.15) is 0 Å². The minimum Gasteiger partial charge on any atom is -0.331 e. The highest BCUT2D eigenvalue weighted by atomic mass is 35.5. The van der Waals surface area contributed by atoms with Crippen LogP contribution in [0.1, 0.15) is 29.7 Å². The Bertz CT molecular complexity index is 1350. The maximum Gasteiger partial charge on any atom is 0.319 e. The lowest BCUT2D eigenvalue weighted by Crippen LogP contribution is -2.31. The molecule has 0 fully saturated rings. The third-order valence-corrected chi connectivity index (χ3v) is 8.11. The number of fused-ring (bicyclic) bond motifs is 1. The van der Waals surface area contributed by atoms with Crippen molar-refractivity contribution in [1.82, 2.24) is 10.2 Å². The molecule has 0 spiro atoms. The van der Waals surface area contributed by atoms with Crippen molar-refractivity contribution in [2.75, 3.05) is 23.6 Å². The first-order valence-electron chi connectivity index (χ1n) is 11.1. The number of anilines is 2. The number of urea groups is 1. The Balaban J connectivity index is 1.39. The summed E-state index contributed by atoms with van der Waals surface area (Å²) < 4.78 is 28.4. The van der Waals surface area contributed by atoms with Crippen LogP contribution in [-0.2, 0) is 23.0 Å². The molecule has 7 nitrogen and oxygen atoms in total. The minimum absolute atomic E-state index is 0.0972. The number of amides is 2. The average Bonchev–Trinajstić information content (AvgIpc) is 2.81. The number of likely N-dealkylation sites (N-methyl/N-ethyl adjacent to an activating group) is 1. The summed E-state index contributed by atoms with van der Waals surface area (Å²) in [5.74, 6) is 0. The van der Waals surface area contributed by atoms with Gasteiger partial charge in [-0.3, -0.25) is 4.72 Å². The molecule has 4 rings (SSSR count). The van der Waals surface area contributed by atoms with Crippen molar-refractivity contribution in [3.63, 3.8) is 0 Å². The molecule has 1 heterocycles. The second-order valence-electron chi connectivity index (χ2n) is 8.56. The smallest absolute Gasteiger partial charge is 0.319 e. The lowest BCUT2D eigenvalue weighted by Gasteiger charge is -2.25. The Morgan fingerprint density at radius 3 is 2.46 bits per heavy atom. The van der Waals surface area contributed by atoms with Crippen molar-refractivity contribution in [2.24, 2.45) is 0 Å². The molecule has 0 radical (unpaired) electrons. The summed E-state index contributed by atoms with van der Waals surface area (Å²) in [6, 6.07) is 16.0. The fraction of sp³-hybridized carbons (Fsp3) is 0.240. The van der Waals surface area contributed by atoms with Gasteiger partial charge < -0.3 is 15.5 Å². The van der Waals surface area contributed by atoms with E-state index in [1.807, 2.05) is 12.1 Å². The second kappa shape index (κ2) is 10.5. The van der Waals surface area contributed by atoms with Gasteiger partial charge in [-0.25, -0.2) is 13.2 Å². The molecule has 0 saturated carbocycles. The normalized spacial score (nSPS) is 14.6. The number of halogens is 2. The van der Waals surface area contributed by atoms with Gasteiger partial charge in [0.2, 0.25) is 0 Å². The quantitative estimate of drug-likeness (QED) is 0.381. The number of rotatable bonds is 6. The van der Waals surface area contributed by atoms with Crippen molar-refractivity contribution < 1.29 is 13.2 Å². The number of hydrogen-bond acceptors (Lipinski definition) is 4. The predicted molar refractivity (Wildman–Crippen MR) is 141 cm³/mol. The number of hydrogen-bond donors (Lipinski definition) is 3. The average molecular weight is 533 g/mol. The summed E-state index contributed by atoms with van der Waals surface area (Å²) in [7, 11) is -1.71.